The molecule has 3 heterocycles. The van der Waals surface area contributed by atoms with Crippen molar-refractivity contribution in [2.24, 2.45) is 0 Å². The predicted octanol–water partition coefficient (Wildman–Crippen LogP) is 6.01. The first-order valence-electron chi connectivity index (χ1n) is 10.5. The Balaban J connectivity index is 1.73. The van der Waals surface area contributed by atoms with Crippen molar-refractivity contribution in [1.29, 1.82) is 0 Å². The number of pyridine rings is 2. The highest BCUT2D eigenvalue weighted by atomic mass is 19.1. The summed E-state index contributed by atoms with van der Waals surface area (Å²) >= 11 is 0. The second kappa shape index (κ2) is 7.28. The van der Waals surface area contributed by atoms with Crippen LogP contribution in [-0.2, 0) is 0 Å². The molecule has 0 fully saturated rings. The van der Waals surface area contributed by atoms with Crippen LogP contribution in [0.2, 0.25) is 0 Å². The maximum absolute atomic E-state index is 14.7. The van der Waals surface area contributed by atoms with E-state index in [1.54, 1.807) is 43.3 Å². The third kappa shape index (κ3) is 2.92. The van der Waals surface area contributed by atoms with Gasteiger partial charge >= 0.3 is 0 Å². The summed E-state index contributed by atoms with van der Waals surface area (Å²) in [6.07, 6.45) is 1.52. The van der Waals surface area contributed by atoms with Crippen LogP contribution in [0.5, 0.6) is 0 Å². The molecule has 166 valence electrons. The summed E-state index contributed by atoms with van der Waals surface area (Å²) in [5.41, 5.74) is 2.41. The topological polar surface area (TPSA) is 74.4 Å². The number of benzene rings is 3. The average molecular weight is 456 g/mol. The second-order valence-corrected chi connectivity index (χ2v) is 8.07. The monoisotopic (exact) mass is 456 g/mol. The van der Waals surface area contributed by atoms with Crippen LogP contribution in [0.15, 0.2) is 65.6 Å². The summed E-state index contributed by atoms with van der Waals surface area (Å²) in [5, 5.41) is 2.14. The first kappa shape index (κ1) is 20.2. The van der Waals surface area contributed by atoms with Gasteiger partial charge in [-0.3, -0.25) is 4.79 Å². The van der Waals surface area contributed by atoms with Crippen molar-refractivity contribution in [2.45, 2.75) is 6.92 Å². The molecule has 6 aromatic rings. The lowest BCUT2D eigenvalue weighted by molar-refractivity contribution is 0.515. The van der Waals surface area contributed by atoms with Crippen molar-refractivity contribution in [1.82, 2.24) is 19.9 Å². The molecule has 0 aliphatic heterocycles. The molecule has 0 spiro atoms. The van der Waals surface area contributed by atoms with Gasteiger partial charge in [0.1, 0.15) is 11.6 Å². The number of nitrogens with zero attached hydrogens (tertiary/aromatic N) is 2. The summed E-state index contributed by atoms with van der Waals surface area (Å²) in [6.45, 7) is 1.80. The van der Waals surface area contributed by atoms with E-state index >= 15 is 0 Å². The molecule has 3 aromatic heterocycles. The van der Waals surface area contributed by atoms with Crippen LogP contribution in [0.3, 0.4) is 0 Å². The smallest absolute Gasteiger partial charge is 0.256 e. The second-order valence-electron chi connectivity index (χ2n) is 8.07. The molecule has 0 bridgehead atoms. The van der Waals surface area contributed by atoms with Crippen LogP contribution < -0.4 is 5.56 Å². The van der Waals surface area contributed by atoms with Crippen molar-refractivity contribution in [3.8, 4) is 22.5 Å². The van der Waals surface area contributed by atoms with Crippen LogP contribution in [-0.4, -0.2) is 19.9 Å². The number of halogens is 3. The number of aryl methyl sites for hydroxylation is 1. The summed E-state index contributed by atoms with van der Waals surface area (Å²) < 4.78 is 42.4. The van der Waals surface area contributed by atoms with Crippen molar-refractivity contribution >= 4 is 32.6 Å². The SMILES string of the molecule is Cc1cccc(F)c1-c1nc2c3cc[nH]c(=O)c3c3cc(-c4ccc(F)nc4F)ccc3c2[nH]1. The Bertz CT molecular complexity index is 1820. The Morgan fingerprint density at radius 1 is 0.882 bits per heavy atom. The predicted molar refractivity (Wildman–Crippen MR) is 125 cm³/mol. The molecular weight excluding hydrogens is 441 g/mol. The van der Waals surface area contributed by atoms with Crippen molar-refractivity contribution in [2.75, 3.05) is 0 Å². The summed E-state index contributed by atoms with van der Waals surface area (Å²) in [7, 11) is 0. The summed E-state index contributed by atoms with van der Waals surface area (Å²) in [4.78, 5) is 26.7. The zero-order chi connectivity index (χ0) is 23.6. The molecular formula is C26H15F3N4O. The van der Waals surface area contributed by atoms with Gasteiger partial charge in [0.25, 0.3) is 5.56 Å². The van der Waals surface area contributed by atoms with Crippen molar-refractivity contribution in [3.05, 3.63) is 94.4 Å². The van der Waals surface area contributed by atoms with Gasteiger partial charge in [-0.25, -0.2) is 9.37 Å². The van der Waals surface area contributed by atoms with E-state index in [4.69, 9.17) is 0 Å². The molecule has 8 heteroatoms. The van der Waals surface area contributed by atoms with Gasteiger partial charge in [0, 0.05) is 22.5 Å². The molecule has 0 aliphatic rings. The highest BCUT2D eigenvalue weighted by molar-refractivity contribution is 6.23. The number of hydrogen-bond acceptors (Lipinski definition) is 3. The number of hydrogen-bond donors (Lipinski definition) is 2. The molecule has 3 aromatic carbocycles. The van der Waals surface area contributed by atoms with Gasteiger partial charge in [0.05, 0.1) is 22.0 Å². The van der Waals surface area contributed by atoms with E-state index in [1.165, 1.54) is 18.3 Å². The number of imidazole rings is 1. The molecule has 5 nitrogen and oxygen atoms in total. The molecule has 0 radical (unpaired) electrons. The zero-order valence-corrected chi connectivity index (χ0v) is 17.7. The standard InChI is InChI=1S/C26H15F3N4O/c1-12-3-2-4-18(27)20(12)25-32-22-15-6-5-13(14-7-8-19(28)31-24(14)29)11-17(15)21-16(23(22)33-25)9-10-30-26(21)34/h2-11H,1H3,(H,30,34)(H,32,33). The lowest BCUT2D eigenvalue weighted by atomic mass is 9.97. The van der Waals surface area contributed by atoms with E-state index < -0.39 is 17.7 Å². The van der Waals surface area contributed by atoms with E-state index in [0.29, 0.717) is 55.1 Å². The zero-order valence-electron chi connectivity index (χ0n) is 17.7. The quantitative estimate of drug-likeness (QED) is 0.247. The van der Waals surface area contributed by atoms with Gasteiger partial charge in [0.15, 0.2) is 0 Å². The van der Waals surface area contributed by atoms with Crippen LogP contribution in [0.4, 0.5) is 13.2 Å². The normalized spacial score (nSPS) is 11.6. The van der Waals surface area contributed by atoms with Gasteiger partial charge in [0.2, 0.25) is 11.9 Å². The highest BCUT2D eigenvalue weighted by Crippen LogP contribution is 2.37. The van der Waals surface area contributed by atoms with E-state index in [1.807, 2.05) is 0 Å². The summed E-state index contributed by atoms with van der Waals surface area (Å²) in [6, 6.07) is 14.0. The highest BCUT2D eigenvalue weighted by Gasteiger charge is 2.19. The minimum atomic E-state index is -0.947. The maximum Gasteiger partial charge on any atom is 0.256 e. The summed E-state index contributed by atoms with van der Waals surface area (Å²) in [5.74, 6) is -1.93. The number of nitrogens with one attached hydrogen (secondary N) is 2. The number of rotatable bonds is 2. The van der Waals surface area contributed by atoms with Crippen LogP contribution in [0.25, 0.3) is 55.1 Å². The lowest BCUT2D eigenvalue weighted by Crippen LogP contribution is -2.05. The minimum absolute atomic E-state index is 0.108. The van der Waals surface area contributed by atoms with Crippen LogP contribution >= 0.6 is 0 Å². The molecule has 0 aliphatic carbocycles. The number of fused-ring (bicyclic) bond motifs is 6. The van der Waals surface area contributed by atoms with E-state index in [9.17, 15) is 18.0 Å². The molecule has 0 atom stereocenters. The first-order valence-corrected chi connectivity index (χ1v) is 10.5. The van der Waals surface area contributed by atoms with Crippen molar-refractivity contribution in [3.63, 3.8) is 0 Å². The molecule has 2 N–H and O–H groups in total. The average Bonchev–Trinajstić information content (AvgIpc) is 3.24. The Hall–Kier alpha value is -4.46. The third-order valence-corrected chi connectivity index (χ3v) is 6.06. The van der Waals surface area contributed by atoms with Crippen LogP contribution in [0.1, 0.15) is 5.56 Å². The van der Waals surface area contributed by atoms with E-state index in [-0.39, 0.29) is 11.1 Å². The van der Waals surface area contributed by atoms with Gasteiger partial charge in [-0.05, 0) is 53.8 Å². The minimum Gasteiger partial charge on any atom is -0.337 e. The van der Waals surface area contributed by atoms with Gasteiger partial charge < -0.3 is 9.97 Å². The Kier molecular flexibility index (Phi) is 4.32. The molecule has 0 unspecified atom stereocenters. The van der Waals surface area contributed by atoms with E-state index in [0.717, 1.165) is 6.07 Å². The third-order valence-electron chi connectivity index (χ3n) is 6.06. The Morgan fingerprint density at radius 3 is 2.53 bits per heavy atom. The Morgan fingerprint density at radius 2 is 1.74 bits per heavy atom. The van der Waals surface area contributed by atoms with Crippen LogP contribution in [0, 0.1) is 24.6 Å². The number of aromatic nitrogens is 4. The molecule has 0 saturated carbocycles. The first-order chi connectivity index (χ1) is 16.4. The fourth-order valence-electron chi connectivity index (χ4n) is 4.52. The van der Waals surface area contributed by atoms with Gasteiger partial charge in [-0.2, -0.15) is 13.8 Å². The maximum atomic E-state index is 14.7. The number of H-pyrrole nitrogens is 2. The van der Waals surface area contributed by atoms with Gasteiger partial charge in [-0.1, -0.05) is 24.3 Å². The molecule has 6 rings (SSSR count). The fraction of sp³-hybridized carbons (Fsp3) is 0.0385. The van der Waals surface area contributed by atoms with Crippen molar-refractivity contribution < 1.29 is 13.2 Å². The van der Waals surface area contributed by atoms with E-state index in [2.05, 4.69) is 19.9 Å². The largest absolute Gasteiger partial charge is 0.337 e. The van der Waals surface area contributed by atoms with Gasteiger partial charge in [-0.15, -0.1) is 0 Å². The fourth-order valence-corrected chi connectivity index (χ4v) is 4.52. The Labute approximate surface area is 189 Å². The lowest BCUT2D eigenvalue weighted by Gasteiger charge is -2.09. The molecule has 0 amide bonds. The molecule has 34 heavy (non-hydrogen) atoms. The number of aromatic amines is 2. The molecule has 0 saturated heterocycles.